The second-order valence-corrected chi connectivity index (χ2v) is 10.3. The van der Waals surface area contributed by atoms with Crippen molar-refractivity contribution in [1.82, 2.24) is 10.6 Å². The van der Waals surface area contributed by atoms with Gasteiger partial charge in [-0.15, -0.1) is 0 Å². The Morgan fingerprint density at radius 3 is 2.34 bits per heavy atom. The third-order valence-corrected chi connectivity index (χ3v) is 7.06. The van der Waals surface area contributed by atoms with Gasteiger partial charge in [0.2, 0.25) is 5.91 Å². The van der Waals surface area contributed by atoms with Gasteiger partial charge in [-0.2, -0.15) is 0 Å². The third-order valence-electron chi connectivity index (χ3n) is 7.06. The lowest BCUT2D eigenvalue weighted by atomic mass is 9.87. The van der Waals surface area contributed by atoms with Crippen molar-refractivity contribution >= 4 is 17.5 Å². The molecule has 194 valence electrons. The number of allylic oxidation sites excluding steroid dienone is 2. The Labute approximate surface area is 210 Å². The summed E-state index contributed by atoms with van der Waals surface area (Å²) in [5, 5.41) is 6.28. The van der Waals surface area contributed by atoms with Crippen LogP contribution in [0.15, 0.2) is 42.5 Å². The van der Waals surface area contributed by atoms with E-state index in [0.29, 0.717) is 19.3 Å². The highest BCUT2D eigenvalue weighted by Gasteiger charge is 2.35. The Hall–Kier alpha value is -2.35. The number of hydrogen-bond acceptors (Lipinski definition) is 6. The Morgan fingerprint density at radius 2 is 1.66 bits per heavy atom. The van der Waals surface area contributed by atoms with Crippen LogP contribution in [-0.4, -0.2) is 47.7 Å². The lowest BCUT2D eigenvalue weighted by molar-refractivity contribution is -0.126. The summed E-state index contributed by atoms with van der Waals surface area (Å²) in [7, 11) is 0. The topological polar surface area (TPSA) is 127 Å². The fraction of sp³-hybridized carbons (Fsp3) is 0.607. The van der Waals surface area contributed by atoms with Crippen molar-refractivity contribution in [3.63, 3.8) is 0 Å². The Morgan fingerprint density at radius 1 is 1.00 bits per heavy atom. The molecule has 0 unspecified atom stereocenters. The Balaban J connectivity index is 2.08. The summed E-state index contributed by atoms with van der Waals surface area (Å²) in [6.07, 6.45) is 13.0. The number of benzene rings is 1. The van der Waals surface area contributed by atoms with Crippen molar-refractivity contribution < 1.29 is 14.4 Å². The Kier molecular flexibility index (Phi) is 11.8. The number of carbonyl (C=O) groups is 3. The molecule has 0 bridgehead atoms. The molecule has 0 fully saturated rings. The predicted octanol–water partition coefficient (Wildman–Crippen LogP) is 2.96. The van der Waals surface area contributed by atoms with Crippen LogP contribution < -0.4 is 22.1 Å². The van der Waals surface area contributed by atoms with Crippen LogP contribution in [-0.2, 0) is 20.8 Å². The molecule has 3 atom stereocenters. The van der Waals surface area contributed by atoms with Crippen molar-refractivity contribution in [3.8, 4) is 0 Å². The maximum absolute atomic E-state index is 13.4. The predicted molar refractivity (Wildman–Crippen MR) is 141 cm³/mol. The summed E-state index contributed by atoms with van der Waals surface area (Å²) < 4.78 is 0. The number of amides is 1. The van der Waals surface area contributed by atoms with Crippen LogP contribution in [0.1, 0.15) is 77.2 Å². The minimum absolute atomic E-state index is 0.0200. The van der Waals surface area contributed by atoms with Gasteiger partial charge in [0.25, 0.3) is 0 Å². The van der Waals surface area contributed by atoms with Gasteiger partial charge in [-0.25, -0.2) is 0 Å². The molecule has 0 saturated heterocycles. The van der Waals surface area contributed by atoms with Gasteiger partial charge in [0, 0.05) is 0 Å². The molecule has 0 aromatic heterocycles. The second-order valence-electron chi connectivity index (χ2n) is 10.3. The molecule has 0 aliphatic carbocycles. The quantitative estimate of drug-likeness (QED) is 0.441. The molecule has 1 aromatic rings. The van der Waals surface area contributed by atoms with Crippen molar-refractivity contribution in [3.05, 3.63) is 48.0 Å². The smallest absolute Gasteiger partial charge is 0.234 e. The molecule has 1 aliphatic rings. The summed E-state index contributed by atoms with van der Waals surface area (Å²) in [4.78, 5) is 38.3. The number of rotatable bonds is 7. The van der Waals surface area contributed by atoms with E-state index in [4.69, 9.17) is 11.5 Å². The molecular weight excluding hydrogens is 440 g/mol. The highest BCUT2D eigenvalue weighted by molar-refractivity contribution is 5.93. The van der Waals surface area contributed by atoms with Gasteiger partial charge in [-0.3, -0.25) is 25.0 Å². The molecule has 1 amide bonds. The SMILES string of the molecule is C[C@@]1(N)CCCCCC/C=C/CCC[C@@](C)(C(=O)CN[C@@H](Cc2ccccc2)C(N)=O)NCC1=O. The third kappa shape index (κ3) is 10.0. The van der Waals surface area contributed by atoms with Crippen molar-refractivity contribution in [2.75, 3.05) is 13.1 Å². The molecule has 2 rings (SSSR count). The summed E-state index contributed by atoms with van der Waals surface area (Å²) in [6.45, 7) is 3.63. The fourth-order valence-corrected chi connectivity index (χ4v) is 4.39. The minimum atomic E-state index is -0.918. The maximum atomic E-state index is 13.4. The zero-order valence-electron chi connectivity index (χ0n) is 21.5. The van der Waals surface area contributed by atoms with E-state index in [0.717, 1.165) is 50.5 Å². The first-order valence-electron chi connectivity index (χ1n) is 13.0. The molecule has 1 heterocycles. The number of carbonyl (C=O) groups excluding carboxylic acids is 3. The zero-order chi connectivity index (χ0) is 25.7. The summed E-state index contributed by atoms with van der Waals surface area (Å²) >= 11 is 0. The monoisotopic (exact) mass is 484 g/mol. The second kappa shape index (κ2) is 14.3. The minimum Gasteiger partial charge on any atom is -0.368 e. The lowest BCUT2D eigenvalue weighted by Crippen LogP contribution is -2.58. The van der Waals surface area contributed by atoms with Crippen LogP contribution in [0, 0.1) is 0 Å². The summed E-state index contributed by atoms with van der Waals surface area (Å²) in [6, 6.07) is 8.90. The largest absolute Gasteiger partial charge is 0.368 e. The van der Waals surface area contributed by atoms with Gasteiger partial charge in [0.15, 0.2) is 11.6 Å². The van der Waals surface area contributed by atoms with Crippen LogP contribution in [0.2, 0.25) is 0 Å². The first-order chi connectivity index (χ1) is 16.6. The summed E-state index contributed by atoms with van der Waals surface area (Å²) in [5.41, 5.74) is 11.1. The first kappa shape index (κ1) is 28.9. The van der Waals surface area contributed by atoms with Gasteiger partial charge in [-0.05, 0) is 64.4 Å². The lowest BCUT2D eigenvalue weighted by Gasteiger charge is -2.32. The molecule has 1 aromatic carbocycles. The molecular formula is C28H44N4O3. The Bertz CT molecular complexity index is 853. The number of nitrogens with two attached hydrogens (primary N) is 2. The molecule has 35 heavy (non-hydrogen) atoms. The maximum Gasteiger partial charge on any atom is 0.234 e. The van der Waals surface area contributed by atoms with E-state index in [1.165, 1.54) is 0 Å². The molecule has 6 N–H and O–H groups in total. The molecule has 7 heteroatoms. The van der Waals surface area contributed by atoms with E-state index >= 15 is 0 Å². The van der Waals surface area contributed by atoms with E-state index in [1.807, 2.05) is 37.3 Å². The van der Waals surface area contributed by atoms with Crippen LogP contribution in [0.3, 0.4) is 0 Å². The highest BCUT2D eigenvalue weighted by atomic mass is 16.2. The van der Waals surface area contributed by atoms with Crippen molar-refractivity contribution in [2.45, 2.75) is 95.2 Å². The molecule has 0 radical (unpaired) electrons. The van der Waals surface area contributed by atoms with E-state index in [-0.39, 0.29) is 24.7 Å². The summed E-state index contributed by atoms with van der Waals surface area (Å²) in [5.74, 6) is -0.694. The molecule has 7 nitrogen and oxygen atoms in total. The number of ketones is 2. The molecule has 0 spiro atoms. The van der Waals surface area contributed by atoms with Gasteiger partial charge in [0.05, 0.1) is 30.2 Å². The highest BCUT2D eigenvalue weighted by Crippen LogP contribution is 2.19. The number of Topliss-reactive ketones (excluding diaryl/α,β-unsaturated/α-hetero) is 2. The van der Waals surface area contributed by atoms with Crippen LogP contribution in [0.4, 0.5) is 0 Å². The van der Waals surface area contributed by atoms with E-state index in [9.17, 15) is 14.4 Å². The van der Waals surface area contributed by atoms with Crippen molar-refractivity contribution in [2.24, 2.45) is 11.5 Å². The van der Waals surface area contributed by atoms with Crippen LogP contribution in [0.5, 0.6) is 0 Å². The van der Waals surface area contributed by atoms with Gasteiger partial charge >= 0.3 is 0 Å². The van der Waals surface area contributed by atoms with E-state index in [1.54, 1.807) is 6.92 Å². The first-order valence-corrected chi connectivity index (χ1v) is 13.0. The normalized spacial score (nSPS) is 27.1. The zero-order valence-corrected chi connectivity index (χ0v) is 21.5. The standard InChI is InChI=1S/C28H44N4O3/c1-27(30)17-13-8-6-4-3-5-7-9-14-18-28(2,32-21-24(27)33)25(34)20-31-23(26(29)35)19-22-15-11-10-12-16-22/h5,7,10-12,15-16,23,31-32H,3-4,6,8-9,13-14,17-21,30H2,1-2H3,(H2,29,35)/b7-5+/t23-,27+,28-/m0/s1. The molecule has 1 aliphatic heterocycles. The number of hydrogen-bond donors (Lipinski definition) is 4. The van der Waals surface area contributed by atoms with E-state index in [2.05, 4.69) is 22.8 Å². The average Bonchev–Trinajstić information content (AvgIpc) is 2.83. The van der Waals surface area contributed by atoms with Crippen molar-refractivity contribution in [1.29, 1.82) is 0 Å². The van der Waals surface area contributed by atoms with Crippen LogP contribution >= 0.6 is 0 Å². The average molecular weight is 485 g/mol. The van der Waals surface area contributed by atoms with E-state index < -0.39 is 23.0 Å². The number of nitrogens with one attached hydrogen (secondary N) is 2. The fourth-order valence-electron chi connectivity index (χ4n) is 4.39. The van der Waals surface area contributed by atoms with Crippen LogP contribution in [0.25, 0.3) is 0 Å². The van der Waals surface area contributed by atoms with Gasteiger partial charge < -0.3 is 11.5 Å². The number of primary amides is 1. The van der Waals surface area contributed by atoms with Gasteiger partial charge in [-0.1, -0.05) is 61.7 Å². The van der Waals surface area contributed by atoms with Gasteiger partial charge in [0.1, 0.15) is 0 Å². The molecule has 0 saturated carbocycles.